The van der Waals surface area contributed by atoms with Crippen LogP contribution in [0.4, 0.5) is 0 Å². The van der Waals surface area contributed by atoms with Crippen molar-refractivity contribution in [3.63, 3.8) is 0 Å². The van der Waals surface area contributed by atoms with Gasteiger partial charge in [0, 0.05) is 11.9 Å². The van der Waals surface area contributed by atoms with Gasteiger partial charge < -0.3 is 10.0 Å². The molecule has 0 spiro atoms. The summed E-state index contributed by atoms with van der Waals surface area (Å²) in [6.07, 6.45) is 5.72. The van der Waals surface area contributed by atoms with Gasteiger partial charge in [-0.05, 0) is 48.5 Å². The Bertz CT molecular complexity index is 987. The van der Waals surface area contributed by atoms with Crippen molar-refractivity contribution in [2.24, 2.45) is 0 Å². The topological polar surface area (TPSA) is 58.4 Å². The van der Waals surface area contributed by atoms with Gasteiger partial charge in [-0.2, -0.15) is 5.10 Å². The van der Waals surface area contributed by atoms with E-state index >= 15 is 0 Å². The van der Waals surface area contributed by atoms with Crippen molar-refractivity contribution in [1.82, 2.24) is 14.7 Å². The fourth-order valence-electron chi connectivity index (χ4n) is 3.02. The molecule has 0 bridgehead atoms. The molecule has 0 unspecified atom stereocenters. The molecule has 3 aromatic rings. The summed E-state index contributed by atoms with van der Waals surface area (Å²) in [4.78, 5) is 15.0. The van der Waals surface area contributed by atoms with Crippen LogP contribution in [-0.2, 0) is 6.54 Å². The molecule has 1 N–H and O–H groups in total. The molecular weight excluding hydrogens is 338 g/mol. The average molecular weight is 363 g/mol. The van der Waals surface area contributed by atoms with Crippen LogP contribution in [0.15, 0.2) is 53.5 Å². The van der Waals surface area contributed by atoms with E-state index < -0.39 is 0 Å². The van der Waals surface area contributed by atoms with Crippen molar-refractivity contribution >= 4 is 22.9 Å². The first-order chi connectivity index (χ1) is 13.1. The number of aromatic hydroxyl groups is 1. The summed E-state index contributed by atoms with van der Waals surface area (Å²) in [5.41, 5.74) is 1.95. The Balaban J connectivity index is 1.81. The molecule has 0 radical (unpaired) electrons. The molecule has 0 atom stereocenters. The van der Waals surface area contributed by atoms with Crippen LogP contribution in [0.25, 0.3) is 22.9 Å². The largest absolute Gasteiger partial charge is 0.508 e. The number of benzene rings is 2. The first-order valence-corrected chi connectivity index (χ1v) is 9.30. The molecule has 3 rings (SSSR count). The van der Waals surface area contributed by atoms with Gasteiger partial charge in [-0.15, -0.1) is 0 Å². The summed E-state index contributed by atoms with van der Waals surface area (Å²) >= 11 is 0. The number of aromatic nitrogens is 2. The lowest BCUT2D eigenvalue weighted by Gasteiger charge is -2.18. The van der Waals surface area contributed by atoms with Gasteiger partial charge in [0.15, 0.2) is 0 Å². The number of hydrogen-bond donors (Lipinski definition) is 1. The Labute approximate surface area is 159 Å². The second-order valence-corrected chi connectivity index (χ2v) is 6.47. The highest BCUT2D eigenvalue weighted by atomic mass is 16.3. The minimum absolute atomic E-state index is 0.0475. The zero-order valence-electron chi connectivity index (χ0n) is 15.8. The molecule has 0 saturated carbocycles. The van der Waals surface area contributed by atoms with Crippen LogP contribution in [-0.4, -0.2) is 39.4 Å². The summed E-state index contributed by atoms with van der Waals surface area (Å²) < 4.78 is 1.55. The minimum atomic E-state index is -0.0475. The summed E-state index contributed by atoms with van der Waals surface area (Å²) in [5, 5.41) is 15.2. The van der Waals surface area contributed by atoms with Gasteiger partial charge in [0.05, 0.1) is 18.1 Å². The lowest BCUT2D eigenvalue weighted by Crippen LogP contribution is -2.32. The van der Waals surface area contributed by atoms with E-state index in [0.29, 0.717) is 11.9 Å². The number of phenols is 1. The molecule has 5 nitrogen and oxygen atoms in total. The smallest absolute Gasteiger partial charge is 0.274 e. The molecule has 0 aliphatic rings. The average Bonchev–Trinajstić information content (AvgIpc) is 2.69. The lowest BCUT2D eigenvalue weighted by molar-refractivity contribution is 0.283. The van der Waals surface area contributed by atoms with E-state index in [1.165, 1.54) is 0 Å². The normalized spacial score (nSPS) is 11.7. The van der Waals surface area contributed by atoms with Gasteiger partial charge in [0.2, 0.25) is 0 Å². The van der Waals surface area contributed by atoms with Crippen LogP contribution in [0.5, 0.6) is 5.75 Å². The molecule has 5 heteroatoms. The Kier molecular flexibility index (Phi) is 6.04. The zero-order valence-corrected chi connectivity index (χ0v) is 15.8. The van der Waals surface area contributed by atoms with Crippen LogP contribution in [0.1, 0.15) is 25.0 Å². The monoisotopic (exact) mass is 363 g/mol. The quantitative estimate of drug-likeness (QED) is 0.652. The second kappa shape index (κ2) is 8.64. The number of hydrogen-bond acceptors (Lipinski definition) is 4. The third-order valence-corrected chi connectivity index (χ3v) is 4.76. The number of rotatable bonds is 7. The highest BCUT2D eigenvalue weighted by Gasteiger charge is 2.06. The van der Waals surface area contributed by atoms with Crippen molar-refractivity contribution in [3.8, 4) is 5.75 Å². The van der Waals surface area contributed by atoms with Crippen LogP contribution in [0.2, 0.25) is 0 Å². The molecule has 1 heterocycles. The summed E-state index contributed by atoms with van der Waals surface area (Å²) in [6, 6.07) is 12.8. The summed E-state index contributed by atoms with van der Waals surface area (Å²) in [5.74, 6) is 0.251. The molecular formula is C22H25N3O2. The van der Waals surface area contributed by atoms with Gasteiger partial charge in [-0.25, -0.2) is 4.68 Å². The molecule has 27 heavy (non-hydrogen) atoms. The maximum atomic E-state index is 12.7. The SMILES string of the molecule is CCN(CC)CCn1ncc2cc(/C=C/c3ccc(O)cc3)ccc2c1=O. The van der Waals surface area contributed by atoms with E-state index in [2.05, 4.69) is 23.8 Å². The van der Waals surface area contributed by atoms with E-state index in [0.717, 1.165) is 36.1 Å². The lowest BCUT2D eigenvalue weighted by atomic mass is 10.1. The van der Waals surface area contributed by atoms with Crippen LogP contribution >= 0.6 is 0 Å². The predicted molar refractivity (Wildman–Crippen MR) is 111 cm³/mol. The Morgan fingerprint density at radius 2 is 1.70 bits per heavy atom. The van der Waals surface area contributed by atoms with E-state index in [4.69, 9.17) is 0 Å². The molecule has 0 aliphatic carbocycles. The maximum Gasteiger partial charge on any atom is 0.274 e. The Morgan fingerprint density at radius 1 is 1.04 bits per heavy atom. The fourth-order valence-corrected chi connectivity index (χ4v) is 3.02. The molecule has 0 saturated heterocycles. The van der Waals surface area contributed by atoms with E-state index in [1.54, 1.807) is 23.0 Å². The first-order valence-electron chi connectivity index (χ1n) is 9.30. The van der Waals surface area contributed by atoms with Gasteiger partial charge in [0.1, 0.15) is 5.75 Å². The number of nitrogens with zero attached hydrogens (tertiary/aromatic N) is 3. The first kappa shape index (κ1) is 18.9. The van der Waals surface area contributed by atoms with E-state index in [-0.39, 0.29) is 11.3 Å². The third-order valence-electron chi connectivity index (χ3n) is 4.76. The Morgan fingerprint density at radius 3 is 2.41 bits per heavy atom. The van der Waals surface area contributed by atoms with Gasteiger partial charge in [-0.1, -0.05) is 44.2 Å². The van der Waals surface area contributed by atoms with Crippen molar-refractivity contribution in [1.29, 1.82) is 0 Å². The van der Waals surface area contributed by atoms with Crippen molar-refractivity contribution in [2.75, 3.05) is 19.6 Å². The van der Waals surface area contributed by atoms with Crippen LogP contribution < -0.4 is 5.56 Å². The van der Waals surface area contributed by atoms with E-state index in [1.807, 2.05) is 42.5 Å². The highest BCUT2D eigenvalue weighted by Crippen LogP contribution is 2.16. The van der Waals surface area contributed by atoms with Gasteiger partial charge >= 0.3 is 0 Å². The number of phenolic OH excluding ortho intramolecular Hbond substituents is 1. The standard InChI is InChI=1S/C22H25N3O2/c1-3-24(4-2)13-14-25-22(27)21-12-9-18(15-19(21)16-23-25)6-5-17-7-10-20(26)11-8-17/h5-12,15-16,26H,3-4,13-14H2,1-2H3/b6-5+. The van der Waals surface area contributed by atoms with E-state index in [9.17, 15) is 9.90 Å². The summed E-state index contributed by atoms with van der Waals surface area (Å²) in [6.45, 7) is 7.59. The second-order valence-electron chi connectivity index (χ2n) is 6.47. The van der Waals surface area contributed by atoms with Gasteiger partial charge in [0.25, 0.3) is 5.56 Å². The van der Waals surface area contributed by atoms with Crippen LogP contribution in [0.3, 0.4) is 0 Å². The molecule has 2 aromatic carbocycles. The highest BCUT2D eigenvalue weighted by molar-refractivity contribution is 5.84. The maximum absolute atomic E-state index is 12.7. The Hall–Kier alpha value is -2.92. The molecule has 0 fully saturated rings. The van der Waals surface area contributed by atoms with Crippen molar-refractivity contribution < 1.29 is 5.11 Å². The molecule has 140 valence electrons. The zero-order chi connectivity index (χ0) is 19.2. The fraction of sp³-hybridized carbons (Fsp3) is 0.273. The van der Waals surface area contributed by atoms with Crippen LogP contribution in [0, 0.1) is 0 Å². The number of likely N-dealkylation sites (N-methyl/N-ethyl adjacent to an activating group) is 1. The minimum Gasteiger partial charge on any atom is -0.508 e. The predicted octanol–water partition coefficient (Wildman–Crippen LogP) is 3.61. The third kappa shape index (κ3) is 4.63. The molecule has 0 amide bonds. The molecule has 1 aromatic heterocycles. The van der Waals surface area contributed by atoms with Crippen molar-refractivity contribution in [2.45, 2.75) is 20.4 Å². The summed E-state index contributed by atoms with van der Waals surface area (Å²) in [7, 11) is 0. The number of fused-ring (bicyclic) bond motifs is 1. The molecule has 0 aliphatic heterocycles. The van der Waals surface area contributed by atoms with Crippen molar-refractivity contribution in [3.05, 3.63) is 70.1 Å². The van der Waals surface area contributed by atoms with Gasteiger partial charge in [-0.3, -0.25) is 4.79 Å².